The molecule has 1 amide bonds. The number of carbonyl (C=O) groups excluding carboxylic acids is 1. The lowest BCUT2D eigenvalue weighted by Crippen LogP contribution is -2.17. The standard InChI is InChI=1S/C13H13ClN4O/c1-8-2-4-11(18-15)10(6-8)13(19)17-12-5-3-9(14)7-16-12/h2-7,18H,15H2,1H3,(H,16,17,19). The predicted octanol–water partition coefficient (Wildman–Crippen LogP) is 2.58. The molecule has 6 heteroatoms. The van der Waals surface area contributed by atoms with Gasteiger partial charge in [0.15, 0.2) is 0 Å². The fraction of sp³-hybridized carbons (Fsp3) is 0.0769. The van der Waals surface area contributed by atoms with Gasteiger partial charge in [-0.2, -0.15) is 0 Å². The normalized spacial score (nSPS) is 10.1. The van der Waals surface area contributed by atoms with Crippen molar-refractivity contribution in [2.45, 2.75) is 6.92 Å². The Morgan fingerprint density at radius 3 is 2.74 bits per heavy atom. The molecule has 0 unspecified atom stereocenters. The van der Waals surface area contributed by atoms with Crippen molar-refractivity contribution in [3.05, 3.63) is 52.7 Å². The maximum atomic E-state index is 12.2. The Balaban J connectivity index is 2.24. The maximum absolute atomic E-state index is 12.2. The van der Waals surface area contributed by atoms with Gasteiger partial charge < -0.3 is 10.7 Å². The minimum absolute atomic E-state index is 0.286. The summed E-state index contributed by atoms with van der Waals surface area (Å²) in [5, 5.41) is 3.20. The van der Waals surface area contributed by atoms with Crippen LogP contribution in [0, 0.1) is 6.92 Å². The Hall–Kier alpha value is -2.11. The first-order chi connectivity index (χ1) is 9.10. The third-order valence-corrected chi connectivity index (χ3v) is 2.77. The molecular formula is C13H13ClN4O. The monoisotopic (exact) mass is 276 g/mol. The summed E-state index contributed by atoms with van der Waals surface area (Å²) in [5.41, 5.74) is 4.47. The van der Waals surface area contributed by atoms with Gasteiger partial charge in [-0.3, -0.25) is 10.6 Å². The lowest BCUT2D eigenvalue weighted by molar-refractivity contribution is 0.102. The first kappa shape index (κ1) is 13.3. The van der Waals surface area contributed by atoms with Gasteiger partial charge in [0.05, 0.1) is 16.3 Å². The number of rotatable bonds is 3. The molecule has 4 N–H and O–H groups in total. The van der Waals surface area contributed by atoms with Crippen LogP contribution in [0.5, 0.6) is 0 Å². The van der Waals surface area contributed by atoms with Crippen molar-refractivity contribution < 1.29 is 4.79 Å². The number of aryl methyl sites for hydroxylation is 1. The summed E-state index contributed by atoms with van der Waals surface area (Å²) in [6.45, 7) is 1.90. The smallest absolute Gasteiger partial charge is 0.258 e. The predicted molar refractivity (Wildman–Crippen MR) is 76.2 cm³/mol. The van der Waals surface area contributed by atoms with E-state index in [-0.39, 0.29) is 5.91 Å². The van der Waals surface area contributed by atoms with Gasteiger partial charge in [0.2, 0.25) is 0 Å². The first-order valence-electron chi connectivity index (χ1n) is 5.60. The molecule has 0 atom stereocenters. The number of hydrogen-bond donors (Lipinski definition) is 3. The number of nitrogens with zero attached hydrogens (tertiary/aromatic N) is 1. The number of hydrazine groups is 1. The molecule has 0 radical (unpaired) electrons. The van der Waals surface area contributed by atoms with Crippen LogP contribution in [0.3, 0.4) is 0 Å². The molecule has 0 aliphatic rings. The number of nitrogens with one attached hydrogen (secondary N) is 2. The number of pyridine rings is 1. The molecule has 0 fully saturated rings. The van der Waals surface area contributed by atoms with Crippen molar-refractivity contribution in [1.82, 2.24) is 4.98 Å². The van der Waals surface area contributed by atoms with E-state index in [1.807, 2.05) is 13.0 Å². The Labute approximate surface area is 115 Å². The molecule has 0 bridgehead atoms. The van der Waals surface area contributed by atoms with Crippen LogP contribution in [-0.4, -0.2) is 10.9 Å². The Bertz CT molecular complexity index is 598. The third-order valence-electron chi connectivity index (χ3n) is 2.54. The second kappa shape index (κ2) is 5.69. The fourth-order valence-corrected chi connectivity index (χ4v) is 1.72. The van der Waals surface area contributed by atoms with Crippen LogP contribution in [0.15, 0.2) is 36.5 Å². The molecule has 0 aliphatic carbocycles. The molecule has 5 nitrogen and oxygen atoms in total. The van der Waals surface area contributed by atoms with E-state index in [9.17, 15) is 4.79 Å². The molecule has 0 saturated carbocycles. The zero-order chi connectivity index (χ0) is 13.8. The van der Waals surface area contributed by atoms with Crippen LogP contribution in [0.1, 0.15) is 15.9 Å². The van der Waals surface area contributed by atoms with E-state index < -0.39 is 0 Å². The highest BCUT2D eigenvalue weighted by Gasteiger charge is 2.11. The molecule has 19 heavy (non-hydrogen) atoms. The zero-order valence-electron chi connectivity index (χ0n) is 10.3. The van der Waals surface area contributed by atoms with Crippen LogP contribution in [-0.2, 0) is 0 Å². The van der Waals surface area contributed by atoms with Crippen molar-refractivity contribution in [3.63, 3.8) is 0 Å². The molecule has 1 heterocycles. The van der Waals surface area contributed by atoms with Gasteiger partial charge in [0.25, 0.3) is 5.91 Å². The molecule has 0 saturated heterocycles. The maximum Gasteiger partial charge on any atom is 0.258 e. The minimum atomic E-state index is -0.286. The number of benzene rings is 1. The van der Waals surface area contributed by atoms with Crippen LogP contribution in [0.4, 0.5) is 11.5 Å². The van der Waals surface area contributed by atoms with Crippen molar-refractivity contribution in [3.8, 4) is 0 Å². The van der Waals surface area contributed by atoms with E-state index >= 15 is 0 Å². The highest BCUT2D eigenvalue weighted by atomic mass is 35.5. The molecule has 2 aromatic rings. The second-order valence-electron chi connectivity index (χ2n) is 4.01. The van der Waals surface area contributed by atoms with Gasteiger partial charge in [-0.15, -0.1) is 0 Å². The van der Waals surface area contributed by atoms with Crippen molar-refractivity contribution >= 4 is 29.0 Å². The van der Waals surface area contributed by atoms with Gasteiger partial charge in [0, 0.05) is 6.20 Å². The third kappa shape index (κ3) is 3.21. The molecule has 0 spiro atoms. The average molecular weight is 277 g/mol. The number of aromatic nitrogens is 1. The summed E-state index contributed by atoms with van der Waals surface area (Å²) < 4.78 is 0. The van der Waals surface area contributed by atoms with Gasteiger partial charge in [-0.1, -0.05) is 23.2 Å². The number of anilines is 2. The number of amides is 1. The Kier molecular flexibility index (Phi) is 3.99. The van der Waals surface area contributed by atoms with E-state index in [1.165, 1.54) is 6.20 Å². The lowest BCUT2D eigenvalue weighted by atomic mass is 10.1. The van der Waals surface area contributed by atoms with Crippen LogP contribution < -0.4 is 16.6 Å². The van der Waals surface area contributed by atoms with Gasteiger partial charge in [-0.05, 0) is 31.2 Å². The van der Waals surface area contributed by atoms with Crippen molar-refractivity contribution in [2.75, 3.05) is 10.7 Å². The van der Waals surface area contributed by atoms with Gasteiger partial charge in [0.1, 0.15) is 5.82 Å². The van der Waals surface area contributed by atoms with E-state index in [0.717, 1.165) is 5.56 Å². The second-order valence-corrected chi connectivity index (χ2v) is 4.45. The molecular weight excluding hydrogens is 264 g/mol. The highest BCUT2D eigenvalue weighted by Crippen LogP contribution is 2.18. The number of nitrogens with two attached hydrogens (primary N) is 1. The van der Waals surface area contributed by atoms with Crippen LogP contribution in [0.25, 0.3) is 0 Å². The zero-order valence-corrected chi connectivity index (χ0v) is 11.0. The van der Waals surface area contributed by atoms with Crippen molar-refractivity contribution in [1.29, 1.82) is 0 Å². The quantitative estimate of drug-likeness (QED) is 0.595. The van der Waals surface area contributed by atoms with E-state index in [2.05, 4.69) is 15.7 Å². The largest absolute Gasteiger partial charge is 0.323 e. The average Bonchev–Trinajstić information content (AvgIpc) is 2.41. The molecule has 1 aromatic carbocycles. The van der Waals surface area contributed by atoms with Crippen LogP contribution in [0.2, 0.25) is 5.02 Å². The van der Waals surface area contributed by atoms with Gasteiger partial charge >= 0.3 is 0 Å². The van der Waals surface area contributed by atoms with E-state index in [4.69, 9.17) is 17.4 Å². The number of carbonyl (C=O) groups is 1. The number of nitrogen functional groups attached to an aromatic ring is 1. The summed E-state index contributed by atoms with van der Waals surface area (Å²) in [6, 6.07) is 8.65. The molecule has 2 rings (SSSR count). The van der Waals surface area contributed by atoms with E-state index in [0.29, 0.717) is 22.1 Å². The topological polar surface area (TPSA) is 80.0 Å². The minimum Gasteiger partial charge on any atom is -0.323 e. The summed E-state index contributed by atoms with van der Waals surface area (Å²) in [4.78, 5) is 16.2. The lowest BCUT2D eigenvalue weighted by Gasteiger charge is -2.10. The molecule has 98 valence electrons. The van der Waals surface area contributed by atoms with E-state index in [1.54, 1.807) is 24.3 Å². The summed E-state index contributed by atoms with van der Waals surface area (Å²) in [5.74, 6) is 5.53. The highest BCUT2D eigenvalue weighted by molar-refractivity contribution is 6.30. The Morgan fingerprint density at radius 2 is 2.11 bits per heavy atom. The Morgan fingerprint density at radius 1 is 1.32 bits per heavy atom. The number of halogens is 1. The fourth-order valence-electron chi connectivity index (χ4n) is 1.61. The summed E-state index contributed by atoms with van der Waals surface area (Å²) in [6.07, 6.45) is 1.47. The molecule has 1 aromatic heterocycles. The molecule has 0 aliphatic heterocycles. The summed E-state index contributed by atoms with van der Waals surface area (Å²) in [7, 11) is 0. The van der Waals surface area contributed by atoms with Crippen molar-refractivity contribution in [2.24, 2.45) is 5.84 Å². The SMILES string of the molecule is Cc1ccc(NN)c(C(=O)Nc2ccc(Cl)cn2)c1. The van der Waals surface area contributed by atoms with Crippen LogP contribution >= 0.6 is 11.6 Å². The van der Waals surface area contributed by atoms with Gasteiger partial charge in [-0.25, -0.2) is 4.98 Å². The number of hydrogen-bond acceptors (Lipinski definition) is 4. The summed E-state index contributed by atoms with van der Waals surface area (Å²) >= 11 is 5.73. The first-order valence-corrected chi connectivity index (χ1v) is 5.98.